The summed E-state index contributed by atoms with van der Waals surface area (Å²) in [6.07, 6.45) is 2.22. The number of aromatic nitrogens is 4. The minimum absolute atomic E-state index is 0.330. The third-order valence-electron chi connectivity index (χ3n) is 5.85. The Morgan fingerprint density at radius 2 is 1.56 bits per heavy atom. The van der Waals surface area contributed by atoms with Gasteiger partial charge in [0.1, 0.15) is 12.1 Å². The first-order valence-electron chi connectivity index (χ1n) is 10.6. The maximum atomic E-state index is 13.0. The Hall–Kier alpha value is -3.30. The molecule has 0 spiro atoms. The van der Waals surface area contributed by atoms with Crippen LogP contribution in [0.25, 0.3) is 5.78 Å². The standard InChI is InChI=1S/C23H24N6O2S/c1-18-21(16-19-8-4-2-5-9-19)22(29-23(26-18)24-17-25-29)27-12-14-28(15-13-27)32(30,31)20-10-6-3-7-11-20/h2-11,17H,12-16H2,1H3. The summed E-state index contributed by atoms with van der Waals surface area (Å²) < 4.78 is 29.4. The van der Waals surface area contributed by atoms with Crippen LogP contribution in [0.4, 0.5) is 5.82 Å². The van der Waals surface area contributed by atoms with E-state index >= 15 is 0 Å². The topological polar surface area (TPSA) is 83.7 Å². The van der Waals surface area contributed by atoms with Gasteiger partial charge in [-0.3, -0.25) is 0 Å². The van der Waals surface area contributed by atoms with E-state index in [1.54, 1.807) is 33.1 Å². The van der Waals surface area contributed by atoms with Gasteiger partial charge in [0.25, 0.3) is 5.78 Å². The summed E-state index contributed by atoms with van der Waals surface area (Å²) in [5.41, 5.74) is 3.17. The van der Waals surface area contributed by atoms with E-state index in [0.29, 0.717) is 43.3 Å². The molecule has 3 heterocycles. The quantitative estimate of drug-likeness (QED) is 0.467. The van der Waals surface area contributed by atoms with Gasteiger partial charge < -0.3 is 4.90 Å². The van der Waals surface area contributed by atoms with Crippen molar-refractivity contribution in [2.45, 2.75) is 18.2 Å². The molecule has 5 rings (SSSR count). The largest absolute Gasteiger partial charge is 0.354 e. The van der Waals surface area contributed by atoms with Crippen LogP contribution in [-0.4, -0.2) is 58.5 Å². The number of anilines is 1. The Balaban J connectivity index is 1.46. The van der Waals surface area contributed by atoms with Crippen LogP contribution in [0.2, 0.25) is 0 Å². The van der Waals surface area contributed by atoms with Crippen molar-refractivity contribution in [2.75, 3.05) is 31.1 Å². The van der Waals surface area contributed by atoms with Crippen molar-refractivity contribution in [3.63, 3.8) is 0 Å². The van der Waals surface area contributed by atoms with E-state index in [2.05, 4.69) is 32.1 Å². The van der Waals surface area contributed by atoms with Crippen LogP contribution in [0.3, 0.4) is 0 Å². The van der Waals surface area contributed by atoms with E-state index in [1.807, 2.05) is 31.2 Å². The summed E-state index contributed by atoms with van der Waals surface area (Å²) in [7, 11) is -3.51. The second-order valence-corrected chi connectivity index (χ2v) is 9.78. The molecular formula is C23H24N6O2S. The Morgan fingerprint density at radius 3 is 2.25 bits per heavy atom. The Kier molecular flexibility index (Phi) is 5.36. The van der Waals surface area contributed by atoms with Crippen LogP contribution in [0.1, 0.15) is 16.8 Å². The van der Waals surface area contributed by atoms with Crippen LogP contribution in [0, 0.1) is 6.92 Å². The average Bonchev–Trinajstić information content (AvgIpc) is 3.29. The lowest BCUT2D eigenvalue weighted by Crippen LogP contribution is -2.49. The molecule has 1 aliphatic heterocycles. The molecular weight excluding hydrogens is 424 g/mol. The summed E-state index contributed by atoms with van der Waals surface area (Å²) >= 11 is 0. The monoisotopic (exact) mass is 448 g/mol. The van der Waals surface area contributed by atoms with Crippen molar-refractivity contribution in [3.8, 4) is 0 Å². The molecule has 0 N–H and O–H groups in total. The van der Waals surface area contributed by atoms with E-state index in [1.165, 1.54) is 11.9 Å². The van der Waals surface area contributed by atoms with E-state index in [-0.39, 0.29) is 0 Å². The first kappa shape index (κ1) is 20.6. The molecule has 0 aliphatic carbocycles. The SMILES string of the molecule is Cc1nc2ncnn2c(N2CCN(S(=O)(=O)c3ccccc3)CC2)c1Cc1ccccc1. The molecule has 2 aromatic carbocycles. The lowest BCUT2D eigenvalue weighted by Gasteiger charge is -2.36. The van der Waals surface area contributed by atoms with Crippen molar-refractivity contribution < 1.29 is 8.42 Å². The molecule has 1 saturated heterocycles. The third-order valence-corrected chi connectivity index (χ3v) is 7.76. The lowest BCUT2D eigenvalue weighted by atomic mass is 10.0. The summed E-state index contributed by atoms with van der Waals surface area (Å²) in [6.45, 7) is 3.92. The van der Waals surface area contributed by atoms with Crippen molar-refractivity contribution in [2.24, 2.45) is 0 Å². The second-order valence-electron chi connectivity index (χ2n) is 7.84. The van der Waals surface area contributed by atoms with Gasteiger partial charge in [-0.05, 0) is 24.6 Å². The summed E-state index contributed by atoms with van der Waals surface area (Å²) in [6, 6.07) is 18.9. The number of hydrogen-bond donors (Lipinski definition) is 0. The number of piperazine rings is 1. The van der Waals surface area contributed by atoms with Crippen LogP contribution in [0.5, 0.6) is 0 Å². The number of hydrogen-bond acceptors (Lipinski definition) is 6. The number of benzene rings is 2. The van der Waals surface area contributed by atoms with Crippen LogP contribution < -0.4 is 4.90 Å². The highest BCUT2D eigenvalue weighted by Crippen LogP contribution is 2.28. The molecule has 2 aromatic heterocycles. The van der Waals surface area contributed by atoms with Gasteiger partial charge in [-0.2, -0.15) is 18.9 Å². The number of aryl methyl sites for hydroxylation is 1. The zero-order chi connectivity index (χ0) is 22.1. The van der Waals surface area contributed by atoms with E-state index in [9.17, 15) is 8.42 Å². The molecule has 32 heavy (non-hydrogen) atoms. The van der Waals surface area contributed by atoms with Crippen molar-refractivity contribution in [1.29, 1.82) is 0 Å². The molecule has 4 aromatic rings. The summed E-state index contributed by atoms with van der Waals surface area (Å²) in [4.78, 5) is 11.5. The maximum Gasteiger partial charge on any atom is 0.254 e. The Morgan fingerprint density at radius 1 is 0.906 bits per heavy atom. The number of sulfonamides is 1. The third kappa shape index (κ3) is 3.74. The number of fused-ring (bicyclic) bond motifs is 1. The van der Waals surface area contributed by atoms with Gasteiger partial charge in [0, 0.05) is 43.9 Å². The Bertz CT molecular complexity index is 1330. The van der Waals surface area contributed by atoms with Crippen LogP contribution in [-0.2, 0) is 16.4 Å². The smallest absolute Gasteiger partial charge is 0.254 e. The minimum atomic E-state index is -3.51. The molecule has 1 fully saturated rings. The summed E-state index contributed by atoms with van der Waals surface area (Å²) in [5, 5.41) is 4.42. The predicted molar refractivity (Wildman–Crippen MR) is 122 cm³/mol. The van der Waals surface area contributed by atoms with Crippen molar-refractivity contribution in [3.05, 3.63) is 83.8 Å². The van der Waals surface area contributed by atoms with Gasteiger partial charge in [-0.25, -0.2) is 13.4 Å². The molecule has 0 radical (unpaired) electrons. The summed E-state index contributed by atoms with van der Waals surface area (Å²) in [5.74, 6) is 1.49. The van der Waals surface area contributed by atoms with Crippen molar-refractivity contribution >= 4 is 21.6 Å². The highest BCUT2D eigenvalue weighted by atomic mass is 32.2. The average molecular weight is 449 g/mol. The molecule has 0 atom stereocenters. The first-order chi connectivity index (χ1) is 15.5. The fourth-order valence-corrected chi connectivity index (χ4v) is 5.62. The predicted octanol–water partition coefficient (Wildman–Crippen LogP) is 2.53. The highest BCUT2D eigenvalue weighted by molar-refractivity contribution is 7.89. The van der Waals surface area contributed by atoms with E-state index in [0.717, 1.165) is 17.1 Å². The zero-order valence-electron chi connectivity index (χ0n) is 17.8. The highest BCUT2D eigenvalue weighted by Gasteiger charge is 2.30. The van der Waals surface area contributed by atoms with Gasteiger partial charge in [0.05, 0.1) is 4.90 Å². The Labute approximate surface area is 187 Å². The fraction of sp³-hybridized carbons (Fsp3) is 0.261. The second kappa shape index (κ2) is 8.33. The molecule has 164 valence electrons. The first-order valence-corrected chi connectivity index (χ1v) is 12.0. The normalized spacial score (nSPS) is 15.3. The van der Waals surface area contributed by atoms with Crippen molar-refractivity contribution in [1.82, 2.24) is 23.9 Å². The van der Waals surface area contributed by atoms with Crippen LogP contribution >= 0.6 is 0 Å². The number of nitrogens with zero attached hydrogens (tertiary/aromatic N) is 6. The maximum absolute atomic E-state index is 13.0. The molecule has 0 bridgehead atoms. The fourth-order valence-electron chi connectivity index (χ4n) is 4.18. The van der Waals surface area contributed by atoms with Gasteiger partial charge >= 0.3 is 0 Å². The van der Waals surface area contributed by atoms with E-state index < -0.39 is 10.0 Å². The minimum Gasteiger partial charge on any atom is -0.354 e. The van der Waals surface area contributed by atoms with Crippen LogP contribution in [0.15, 0.2) is 71.9 Å². The molecule has 0 amide bonds. The number of rotatable bonds is 5. The van der Waals surface area contributed by atoms with Gasteiger partial charge in [0.2, 0.25) is 10.0 Å². The molecule has 0 unspecified atom stereocenters. The molecule has 9 heteroatoms. The molecule has 1 aliphatic rings. The zero-order valence-corrected chi connectivity index (χ0v) is 18.6. The van der Waals surface area contributed by atoms with Gasteiger partial charge in [0.15, 0.2) is 0 Å². The van der Waals surface area contributed by atoms with Gasteiger partial charge in [-0.15, -0.1) is 0 Å². The van der Waals surface area contributed by atoms with Gasteiger partial charge in [-0.1, -0.05) is 48.5 Å². The molecule has 8 nitrogen and oxygen atoms in total. The molecule has 0 saturated carbocycles. The lowest BCUT2D eigenvalue weighted by molar-refractivity contribution is 0.382. The van der Waals surface area contributed by atoms with E-state index in [4.69, 9.17) is 0 Å².